The van der Waals surface area contributed by atoms with Crippen LogP contribution in [0.4, 0.5) is 0 Å². The second-order valence-electron chi connectivity index (χ2n) is 2.73. The molecule has 0 aromatic heterocycles. The number of nitrogens with two attached hydrogens (primary N) is 2. The molecule has 0 rings (SSSR count). The second-order valence-corrected chi connectivity index (χ2v) is 2.73. The molecule has 0 aliphatic rings. The molecule has 4 heteroatoms. The Morgan fingerprint density at radius 1 is 1.58 bits per heavy atom. The average Bonchev–Trinajstić information content (AvgIpc) is 2.05. The Morgan fingerprint density at radius 3 is 2.67 bits per heavy atom. The number of aliphatic imine (C=N–C) groups is 1. The number of nitriles is 1. The van der Waals surface area contributed by atoms with Gasteiger partial charge in [0.1, 0.15) is 0 Å². The lowest BCUT2D eigenvalue weighted by Crippen LogP contribution is -2.23. The third-order valence-electron chi connectivity index (χ3n) is 1.58. The first kappa shape index (κ1) is 10.8. The molecule has 0 bridgehead atoms. The minimum Gasteiger partial charge on any atom is -0.370 e. The van der Waals surface area contributed by atoms with Crippen LogP contribution in [0.5, 0.6) is 0 Å². The maximum absolute atomic E-state index is 8.66. The number of guanidine groups is 1. The quantitative estimate of drug-likeness (QED) is 0.465. The van der Waals surface area contributed by atoms with E-state index in [1.165, 1.54) is 0 Å². The Kier molecular flexibility index (Phi) is 5.80. The highest BCUT2D eigenvalue weighted by atomic mass is 15.0. The van der Waals surface area contributed by atoms with Crippen LogP contribution < -0.4 is 11.5 Å². The van der Waals surface area contributed by atoms with Gasteiger partial charge < -0.3 is 11.5 Å². The van der Waals surface area contributed by atoms with Gasteiger partial charge in [0, 0.05) is 0 Å². The number of rotatable bonds is 5. The zero-order valence-corrected chi connectivity index (χ0v) is 7.45. The predicted octanol–water partition coefficient (Wildman–Crippen LogP) is 0.590. The van der Waals surface area contributed by atoms with Crippen molar-refractivity contribution < 1.29 is 0 Å². The summed E-state index contributed by atoms with van der Waals surface area (Å²) in [7, 11) is 0. The van der Waals surface area contributed by atoms with E-state index in [-0.39, 0.29) is 11.9 Å². The molecule has 0 fully saturated rings. The monoisotopic (exact) mass is 168 g/mol. The molecule has 0 aromatic rings. The van der Waals surface area contributed by atoms with Crippen molar-refractivity contribution in [1.82, 2.24) is 0 Å². The highest BCUT2D eigenvalue weighted by Gasteiger charge is 2.04. The third kappa shape index (κ3) is 5.54. The topological polar surface area (TPSA) is 88.2 Å². The van der Waals surface area contributed by atoms with Gasteiger partial charge in [0.2, 0.25) is 0 Å². The minimum atomic E-state index is -0.0351. The molecule has 0 spiro atoms. The first-order valence-electron chi connectivity index (χ1n) is 4.15. The van der Waals surface area contributed by atoms with Crippen LogP contribution in [0.15, 0.2) is 4.99 Å². The number of nitrogens with zero attached hydrogens (tertiary/aromatic N) is 2. The first-order chi connectivity index (χ1) is 5.70. The molecule has 0 radical (unpaired) electrons. The van der Waals surface area contributed by atoms with Crippen LogP contribution in [-0.2, 0) is 0 Å². The molecule has 0 aromatic carbocycles. The summed E-state index contributed by atoms with van der Waals surface area (Å²) in [5, 5.41) is 8.66. The lowest BCUT2D eigenvalue weighted by Gasteiger charge is -2.03. The van der Waals surface area contributed by atoms with Crippen LogP contribution in [0.3, 0.4) is 0 Å². The molecule has 0 heterocycles. The van der Waals surface area contributed by atoms with Crippen LogP contribution >= 0.6 is 0 Å². The Hall–Kier alpha value is -1.24. The normalized spacial score (nSPS) is 11.7. The van der Waals surface area contributed by atoms with Crippen LogP contribution in [-0.4, -0.2) is 12.5 Å². The maximum Gasteiger partial charge on any atom is 0.185 e. The summed E-state index contributed by atoms with van der Waals surface area (Å²) in [6.45, 7) is 2.52. The Morgan fingerprint density at radius 2 is 2.25 bits per heavy atom. The molecule has 1 unspecified atom stereocenters. The molecule has 0 aliphatic heterocycles. The van der Waals surface area contributed by atoms with Crippen LogP contribution in [0, 0.1) is 17.2 Å². The van der Waals surface area contributed by atoms with Gasteiger partial charge in [-0.25, -0.2) is 0 Å². The molecule has 0 amide bonds. The molecular weight excluding hydrogens is 152 g/mol. The molecule has 1 atom stereocenters. The summed E-state index contributed by atoms with van der Waals surface area (Å²) in [5.74, 6) is 0.0267. The average molecular weight is 168 g/mol. The van der Waals surface area contributed by atoms with Crippen molar-refractivity contribution in [1.29, 1.82) is 5.26 Å². The number of hydrogen-bond donors (Lipinski definition) is 2. The van der Waals surface area contributed by atoms with Crippen molar-refractivity contribution in [3.05, 3.63) is 0 Å². The molecule has 12 heavy (non-hydrogen) atoms. The van der Waals surface area contributed by atoms with E-state index in [0.29, 0.717) is 6.54 Å². The Balaban J connectivity index is 3.70. The van der Waals surface area contributed by atoms with E-state index in [1.54, 1.807) is 0 Å². The molecule has 4 N–H and O–H groups in total. The van der Waals surface area contributed by atoms with Crippen molar-refractivity contribution in [3.8, 4) is 6.07 Å². The summed E-state index contributed by atoms with van der Waals surface area (Å²) in [6, 6.07) is 2.17. The van der Waals surface area contributed by atoms with Gasteiger partial charge in [-0.1, -0.05) is 19.8 Å². The van der Waals surface area contributed by atoms with Crippen molar-refractivity contribution in [2.45, 2.75) is 26.2 Å². The predicted molar refractivity (Wildman–Crippen MR) is 49.3 cm³/mol. The van der Waals surface area contributed by atoms with Gasteiger partial charge in [-0.3, -0.25) is 4.99 Å². The van der Waals surface area contributed by atoms with E-state index in [0.717, 1.165) is 19.3 Å². The van der Waals surface area contributed by atoms with Gasteiger partial charge in [0.15, 0.2) is 5.96 Å². The van der Waals surface area contributed by atoms with Gasteiger partial charge in [-0.2, -0.15) is 5.26 Å². The fourth-order valence-electron chi connectivity index (χ4n) is 0.863. The number of hydrogen-bond acceptors (Lipinski definition) is 2. The number of unbranched alkanes of at least 4 members (excludes halogenated alkanes) is 1. The molecular formula is C8H16N4. The highest BCUT2D eigenvalue weighted by molar-refractivity contribution is 5.75. The van der Waals surface area contributed by atoms with Crippen LogP contribution in [0.25, 0.3) is 0 Å². The standard InChI is InChI=1S/C8H16N4/c1-2-3-4-7(5-9)6-12-8(10)11/h7H,2-4,6H2,1H3,(H4,10,11,12). The fraction of sp³-hybridized carbons (Fsp3) is 0.750. The molecule has 68 valence electrons. The van der Waals surface area contributed by atoms with Gasteiger partial charge in [-0.05, 0) is 6.42 Å². The molecule has 0 saturated heterocycles. The smallest absolute Gasteiger partial charge is 0.185 e. The largest absolute Gasteiger partial charge is 0.370 e. The van der Waals surface area contributed by atoms with E-state index < -0.39 is 0 Å². The van der Waals surface area contributed by atoms with Gasteiger partial charge >= 0.3 is 0 Å². The zero-order chi connectivity index (χ0) is 9.40. The van der Waals surface area contributed by atoms with Crippen LogP contribution in [0.1, 0.15) is 26.2 Å². The minimum absolute atomic E-state index is 0.0351. The Labute approximate surface area is 73.3 Å². The lowest BCUT2D eigenvalue weighted by atomic mass is 10.0. The Bertz CT molecular complexity index is 176. The zero-order valence-electron chi connectivity index (χ0n) is 7.45. The van der Waals surface area contributed by atoms with E-state index in [2.05, 4.69) is 18.0 Å². The van der Waals surface area contributed by atoms with E-state index in [9.17, 15) is 0 Å². The molecule has 4 nitrogen and oxygen atoms in total. The van der Waals surface area contributed by atoms with Crippen LogP contribution in [0.2, 0.25) is 0 Å². The lowest BCUT2D eigenvalue weighted by molar-refractivity contribution is 0.575. The van der Waals surface area contributed by atoms with Crippen molar-refractivity contribution in [2.24, 2.45) is 22.4 Å². The SMILES string of the molecule is CCCCC(C#N)CN=C(N)N. The highest BCUT2D eigenvalue weighted by Crippen LogP contribution is 2.07. The maximum atomic E-state index is 8.66. The summed E-state index contributed by atoms with van der Waals surface area (Å²) >= 11 is 0. The van der Waals surface area contributed by atoms with Gasteiger partial charge in [0.05, 0.1) is 18.5 Å². The van der Waals surface area contributed by atoms with Crippen molar-refractivity contribution in [2.75, 3.05) is 6.54 Å². The second kappa shape index (κ2) is 6.47. The first-order valence-corrected chi connectivity index (χ1v) is 4.15. The summed E-state index contributed by atoms with van der Waals surface area (Å²) in [4.78, 5) is 3.80. The van der Waals surface area contributed by atoms with Crippen molar-refractivity contribution >= 4 is 5.96 Å². The summed E-state index contributed by atoms with van der Waals surface area (Å²) in [5.41, 5.74) is 10.3. The summed E-state index contributed by atoms with van der Waals surface area (Å²) in [6.07, 6.45) is 3.03. The van der Waals surface area contributed by atoms with Crippen molar-refractivity contribution in [3.63, 3.8) is 0 Å². The van der Waals surface area contributed by atoms with Gasteiger partial charge in [-0.15, -0.1) is 0 Å². The fourth-order valence-corrected chi connectivity index (χ4v) is 0.863. The van der Waals surface area contributed by atoms with Gasteiger partial charge in [0.25, 0.3) is 0 Å². The molecule has 0 aliphatic carbocycles. The summed E-state index contributed by atoms with van der Waals surface area (Å²) < 4.78 is 0. The van der Waals surface area contributed by atoms with E-state index in [1.807, 2.05) is 0 Å². The van der Waals surface area contributed by atoms with E-state index in [4.69, 9.17) is 16.7 Å². The molecule has 0 saturated carbocycles. The van der Waals surface area contributed by atoms with E-state index >= 15 is 0 Å². The third-order valence-corrected chi connectivity index (χ3v) is 1.58.